The summed E-state index contributed by atoms with van der Waals surface area (Å²) < 4.78 is 0. The topological polar surface area (TPSA) is 109 Å². The van der Waals surface area contributed by atoms with Gasteiger partial charge in [0.2, 0.25) is 33.0 Å². The van der Waals surface area contributed by atoms with Crippen LogP contribution in [0.15, 0.2) is 0 Å². The molecule has 0 atom stereocenters. The number of aromatic nitrogens is 6. The van der Waals surface area contributed by atoms with E-state index in [4.69, 9.17) is 56.1 Å². The lowest BCUT2D eigenvalue weighted by molar-refractivity contribution is -0.323. The lowest BCUT2D eigenvalue weighted by atomic mass is 9.74. The predicted octanol–water partition coefficient (Wildman–Crippen LogP) is 11.2. The number of anilines is 2. The number of hydrogen-bond donors (Lipinski definition) is 0. The molecule has 16 heteroatoms. The van der Waals surface area contributed by atoms with Gasteiger partial charge in [-0.3, -0.25) is 19.5 Å². The summed E-state index contributed by atoms with van der Waals surface area (Å²) >= 11 is 24.7. The molecule has 2 aromatic heterocycles. The van der Waals surface area contributed by atoms with E-state index in [2.05, 4.69) is 100 Å². The number of piperidine rings is 2. The van der Waals surface area contributed by atoms with Gasteiger partial charge in [-0.2, -0.15) is 40.0 Å². The highest BCUT2D eigenvalue weighted by Crippen LogP contribution is 2.47. The van der Waals surface area contributed by atoms with Crippen LogP contribution in [0.3, 0.4) is 0 Å². The van der Waals surface area contributed by atoms with Gasteiger partial charge in [0.1, 0.15) is 0 Å². The summed E-state index contributed by atoms with van der Waals surface area (Å²) in [4.78, 5) is 43.6. The zero-order valence-corrected chi connectivity index (χ0v) is 39.3. The number of halogens is 4. The van der Waals surface area contributed by atoms with Crippen LogP contribution >= 0.6 is 46.4 Å². The fourth-order valence-electron chi connectivity index (χ4n) is 10.8. The van der Waals surface area contributed by atoms with E-state index in [0.717, 1.165) is 83.6 Å². The van der Waals surface area contributed by atoms with Crippen LogP contribution in [0.1, 0.15) is 171 Å². The first-order valence-electron chi connectivity index (χ1n) is 21.9. The highest BCUT2D eigenvalue weighted by Gasteiger charge is 2.53. The molecule has 4 heterocycles. The molecule has 2 saturated carbocycles. The van der Waals surface area contributed by atoms with Gasteiger partial charge in [-0.15, -0.1) is 0 Å². The van der Waals surface area contributed by atoms with Crippen molar-refractivity contribution in [1.29, 1.82) is 0 Å². The molecule has 12 nitrogen and oxygen atoms in total. The van der Waals surface area contributed by atoms with Crippen molar-refractivity contribution in [1.82, 2.24) is 44.9 Å². The summed E-state index contributed by atoms with van der Waals surface area (Å²) in [5, 5.41) is 4.71. The van der Waals surface area contributed by atoms with Gasteiger partial charge in [-0.05, 0) is 173 Å². The van der Waals surface area contributed by atoms with Crippen LogP contribution in [0.25, 0.3) is 0 Å². The van der Waals surface area contributed by atoms with Crippen LogP contribution in [0.2, 0.25) is 21.1 Å². The lowest BCUT2D eigenvalue weighted by Gasteiger charge is -2.60. The average molecular weight is 887 g/mol. The molecule has 4 fully saturated rings. The van der Waals surface area contributed by atoms with Gasteiger partial charge in [-0.25, -0.2) is 0 Å². The van der Waals surface area contributed by atoms with Crippen LogP contribution in [-0.4, -0.2) is 104 Å². The van der Waals surface area contributed by atoms with Gasteiger partial charge in [0, 0.05) is 40.8 Å². The predicted molar refractivity (Wildman–Crippen MR) is 234 cm³/mol. The summed E-state index contributed by atoms with van der Waals surface area (Å²) in [6.45, 7) is 20.8. The van der Waals surface area contributed by atoms with Crippen LogP contribution in [-0.2, 0) is 9.68 Å². The van der Waals surface area contributed by atoms with Gasteiger partial charge < -0.3 is 0 Å². The van der Waals surface area contributed by atoms with Gasteiger partial charge in [0.05, 0.1) is 12.2 Å². The fourth-order valence-corrected chi connectivity index (χ4v) is 11.6. The van der Waals surface area contributed by atoms with Crippen LogP contribution in [0.4, 0.5) is 11.9 Å². The first-order valence-corrected chi connectivity index (χ1v) is 23.5. The molecule has 4 aliphatic rings. The Morgan fingerprint density at radius 1 is 0.483 bits per heavy atom. The Hall–Kier alpha value is -1.22. The second kappa shape index (κ2) is 19.4. The second-order valence-electron chi connectivity index (χ2n) is 19.8. The highest BCUT2D eigenvalue weighted by atomic mass is 35.5. The SMILES string of the molecule is CC1(C)CC(N(CCCCCCN(c2nc(Cl)nc(Cl)n2)c2nc(Cl)nc(Cl)n2)C2CC(C)(C)N(OC3CCCCC3)C(C)(C)C2)CC(C)(C)N1OC1CCCCC1. The molecule has 326 valence electrons. The lowest BCUT2D eigenvalue weighted by Crippen LogP contribution is -2.68. The van der Waals surface area contributed by atoms with Crippen molar-refractivity contribution < 1.29 is 9.68 Å². The average Bonchev–Trinajstić information content (AvgIpc) is 3.12. The van der Waals surface area contributed by atoms with Crippen molar-refractivity contribution >= 4 is 58.3 Å². The van der Waals surface area contributed by atoms with E-state index in [1.165, 1.54) is 38.5 Å². The van der Waals surface area contributed by atoms with Crippen LogP contribution in [0.5, 0.6) is 0 Å². The Morgan fingerprint density at radius 2 is 0.810 bits per heavy atom. The number of rotatable bonds is 15. The van der Waals surface area contributed by atoms with E-state index < -0.39 is 0 Å². The number of hydrogen-bond acceptors (Lipinski definition) is 12. The second-order valence-corrected chi connectivity index (χ2v) is 21.2. The minimum absolute atomic E-state index is 0.0261. The molecular formula is C42H68Cl4N10O2. The van der Waals surface area contributed by atoms with Crippen molar-refractivity contribution in [2.75, 3.05) is 18.0 Å². The number of unbranched alkanes of at least 4 members (excludes halogenated alkanes) is 3. The smallest absolute Gasteiger partial charge is 0.237 e. The Kier molecular flexibility index (Phi) is 15.5. The Balaban J connectivity index is 1.17. The van der Waals surface area contributed by atoms with Crippen LogP contribution < -0.4 is 4.90 Å². The van der Waals surface area contributed by atoms with Crippen LogP contribution in [0, 0.1) is 0 Å². The van der Waals surface area contributed by atoms with Crippen molar-refractivity contribution in [3.05, 3.63) is 21.1 Å². The molecule has 0 aromatic carbocycles. The monoisotopic (exact) mass is 884 g/mol. The molecule has 2 aliphatic carbocycles. The Labute approximate surface area is 367 Å². The molecule has 2 saturated heterocycles. The molecule has 0 amide bonds. The zero-order chi connectivity index (χ0) is 41.9. The summed E-state index contributed by atoms with van der Waals surface area (Å²) in [5.74, 6) is 0.449. The highest BCUT2D eigenvalue weighted by molar-refractivity contribution is 6.31. The third-order valence-electron chi connectivity index (χ3n) is 12.9. The van der Waals surface area contributed by atoms with E-state index in [9.17, 15) is 0 Å². The van der Waals surface area contributed by atoms with E-state index in [1.807, 2.05) is 0 Å². The quantitative estimate of drug-likeness (QED) is 0.159. The molecule has 2 aliphatic heterocycles. The first-order chi connectivity index (χ1) is 27.3. The minimum atomic E-state index is -0.108. The number of nitrogens with zero attached hydrogens (tertiary/aromatic N) is 10. The van der Waals surface area contributed by atoms with Crippen molar-refractivity contribution in [2.24, 2.45) is 0 Å². The van der Waals surface area contributed by atoms with E-state index >= 15 is 0 Å². The third-order valence-corrected chi connectivity index (χ3v) is 13.5. The summed E-state index contributed by atoms with van der Waals surface area (Å²) in [6, 6.07) is 0.844. The van der Waals surface area contributed by atoms with Gasteiger partial charge in [0.25, 0.3) is 0 Å². The van der Waals surface area contributed by atoms with Gasteiger partial charge in [0.15, 0.2) is 0 Å². The standard InChI is InChI=1S/C42H68Cl4N10O2/c1-39(2)25-29(26-40(3,4)55(39)57-31-19-13-11-14-20-31)53(30-27-41(5,6)56(42(7,8)28-30)58-32-21-15-12-16-22-32)23-17-9-10-18-24-54(37-49-33(43)47-34(44)50-37)38-51-35(45)48-36(46)52-38/h29-32H,9-28H2,1-8H3. The maximum absolute atomic E-state index is 6.96. The van der Waals surface area contributed by atoms with Gasteiger partial charge >= 0.3 is 0 Å². The maximum Gasteiger partial charge on any atom is 0.237 e. The fraction of sp³-hybridized carbons (Fsp3) is 0.857. The Morgan fingerprint density at radius 3 is 1.16 bits per heavy atom. The maximum atomic E-state index is 6.96. The van der Waals surface area contributed by atoms with Gasteiger partial charge in [-0.1, -0.05) is 51.4 Å². The molecular weight excluding hydrogens is 818 g/mol. The molecule has 2 aromatic rings. The van der Waals surface area contributed by atoms with Crippen molar-refractivity contribution in [2.45, 2.75) is 217 Å². The van der Waals surface area contributed by atoms with E-state index in [-0.39, 0.29) is 55.2 Å². The molecule has 0 spiro atoms. The summed E-state index contributed by atoms with van der Waals surface area (Å²) in [7, 11) is 0. The molecule has 6 rings (SSSR count). The number of hydroxylamine groups is 4. The largest absolute Gasteiger partial charge is 0.297 e. The molecule has 0 bridgehead atoms. The third kappa shape index (κ3) is 11.8. The molecule has 0 radical (unpaired) electrons. The molecule has 0 unspecified atom stereocenters. The van der Waals surface area contributed by atoms with E-state index in [1.54, 1.807) is 4.90 Å². The molecule has 0 N–H and O–H groups in total. The normalized spacial score (nSPS) is 23.7. The summed E-state index contributed by atoms with van der Waals surface area (Å²) in [6.07, 6.45) is 21.2. The Bertz CT molecular complexity index is 1470. The van der Waals surface area contributed by atoms with Crippen molar-refractivity contribution in [3.8, 4) is 0 Å². The molecule has 58 heavy (non-hydrogen) atoms. The van der Waals surface area contributed by atoms with E-state index in [0.29, 0.717) is 30.8 Å². The first kappa shape index (κ1) is 46.3. The van der Waals surface area contributed by atoms with Crippen molar-refractivity contribution in [3.63, 3.8) is 0 Å². The minimum Gasteiger partial charge on any atom is -0.297 e. The summed E-state index contributed by atoms with van der Waals surface area (Å²) in [5.41, 5.74) is -0.432. The zero-order valence-electron chi connectivity index (χ0n) is 36.3.